The number of likely N-dealkylation sites (tertiary alicyclic amines) is 1. The number of hydrogen-bond acceptors (Lipinski definition) is 2. The number of likely N-dealkylation sites (N-methyl/N-ethyl adjacent to an activating group) is 1. The van der Waals surface area contributed by atoms with E-state index in [0.717, 1.165) is 24.2 Å². The molecule has 154 valence electrons. The molecule has 1 aliphatic heterocycles. The Labute approximate surface area is 171 Å². The quantitative estimate of drug-likeness (QED) is 0.387. The van der Waals surface area contributed by atoms with Crippen LogP contribution in [0.25, 0.3) is 5.69 Å². The molecular weight excluding hydrogens is 344 g/mol. The molecule has 4 heteroatoms. The predicted octanol–water partition coefficient (Wildman–Crippen LogP) is 5.34. The lowest BCUT2D eigenvalue weighted by atomic mass is 10.1. The predicted molar refractivity (Wildman–Crippen MR) is 117 cm³/mol. The number of aryl methyl sites for hydroxylation is 1. The summed E-state index contributed by atoms with van der Waals surface area (Å²) in [7, 11) is 2.42. The third kappa shape index (κ3) is 6.44. The van der Waals surface area contributed by atoms with Crippen LogP contribution in [0.4, 0.5) is 0 Å². The van der Waals surface area contributed by atoms with Crippen molar-refractivity contribution in [3.05, 3.63) is 41.7 Å². The van der Waals surface area contributed by atoms with Crippen LogP contribution in [0.2, 0.25) is 0 Å². The van der Waals surface area contributed by atoms with Crippen molar-refractivity contribution in [3.8, 4) is 5.69 Å². The summed E-state index contributed by atoms with van der Waals surface area (Å²) in [6.07, 6.45) is 16.4. The normalized spacial score (nSPS) is 16.4. The van der Waals surface area contributed by atoms with E-state index < -0.39 is 0 Å². The van der Waals surface area contributed by atoms with Crippen LogP contribution < -0.4 is 0 Å². The van der Waals surface area contributed by atoms with Gasteiger partial charge >= 0.3 is 0 Å². The Hall–Kier alpha value is -1.68. The molecule has 3 rings (SSSR count). The number of rotatable bonds is 11. The van der Waals surface area contributed by atoms with E-state index in [1.54, 1.807) is 0 Å². The summed E-state index contributed by atoms with van der Waals surface area (Å²) in [6, 6.07) is 8.91. The van der Waals surface area contributed by atoms with E-state index >= 15 is 0 Å². The van der Waals surface area contributed by atoms with Crippen molar-refractivity contribution in [1.82, 2.24) is 15.0 Å². The summed E-state index contributed by atoms with van der Waals surface area (Å²) in [5.74, 6) is 0. The smallest absolute Gasteiger partial charge is 0.0831 e. The Bertz CT molecular complexity index is 683. The summed E-state index contributed by atoms with van der Waals surface area (Å²) in [5, 5.41) is 8.70. The van der Waals surface area contributed by atoms with Crippen LogP contribution in [0.1, 0.15) is 76.0 Å². The van der Waals surface area contributed by atoms with Gasteiger partial charge in [-0.25, -0.2) is 4.68 Å². The van der Waals surface area contributed by atoms with Gasteiger partial charge < -0.3 is 4.48 Å². The average molecular weight is 384 g/mol. The van der Waals surface area contributed by atoms with Gasteiger partial charge in [0.15, 0.2) is 0 Å². The van der Waals surface area contributed by atoms with Crippen LogP contribution in [0.15, 0.2) is 30.5 Å². The minimum atomic E-state index is 1.04. The van der Waals surface area contributed by atoms with Crippen LogP contribution in [0, 0.1) is 0 Å². The molecular formula is C24H39N4+. The second-order valence-corrected chi connectivity index (χ2v) is 8.94. The molecule has 0 unspecified atom stereocenters. The van der Waals surface area contributed by atoms with Crippen LogP contribution in [0.3, 0.4) is 0 Å². The molecule has 1 aromatic carbocycles. The largest absolute Gasteiger partial charge is 0.326 e. The molecule has 0 radical (unpaired) electrons. The first-order valence-electron chi connectivity index (χ1n) is 11.5. The van der Waals surface area contributed by atoms with E-state index in [4.69, 9.17) is 0 Å². The van der Waals surface area contributed by atoms with Gasteiger partial charge in [-0.05, 0) is 49.8 Å². The van der Waals surface area contributed by atoms with Gasteiger partial charge in [0.2, 0.25) is 0 Å². The number of quaternary nitrogens is 1. The molecule has 0 aliphatic carbocycles. The fourth-order valence-corrected chi connectivity index (χ4v) is 4.34. The molecule has 1 fully saturated rings. The summed E-state index contributed by atoms with van der Waals surface area (Å²) in [6.45, 7) is 6.21. The highest BCUT2D eigenvalue weighted by molar-refractivity contribution is 5.34. The minimum absolute atomic E-state index is 1.04. The van der Waals surface area contributed by atoms with E-state index in [0.29, 0.717) is 0 Å². The highest BCUT2D eigenvalue weighted by Gasteiger charge is 2.23. The van der Waals surface area contributed by atoms with E-state index in [2.05, 4.69) is 54.7 Å². The van der Waals surface area contributed by atoms with Gasteiger partial charge in [-0.1, -0.05) is 56.4 Å². The number of benzene rings is 1. The third-order valence-corrected chi connectivity index (χ3v) is 6.36. The van der Waals surface area contributed by atoms with Gasteiger partial charge in [-0.15, -0.1) is 5.10 Å². The standard InChI is InChI=1S/C24H39N4/c1-3-4-5-6-7-9-12-23-21-27(26-25-23)24-15-13-22(14-16-24)17-20-28(2)18-10-8-11-19-28/h13-16,21H,3-12,17-20H2,1-2H3/q+1. The molecule has 0 N–H and O–H groups in total. The second-order valence-electron chi connectivity index (χ2n) is 8.94. The third-order valence-electron chi connectivity index (χ3n) is 6.36. The molecule has 0 spiro atoms. The maximum atomic E-state index is 4.37. The Morgan fingerprint density at radius 3 is 2.36 bits per heavy atom. The number of piperidine rings is 1. The van der Waals surface area contributed by atoms with E-state index in [1.807, 2.05) is 4.68 Å². The van der Waals surface area contributed by atoms with Gasteiger partial charge in [0.1, 0.15) is 0 Å². The SMILES string of the molecule is CCCCCCCCc1cn(-c2ccc(CC[N+]3(C)CCCCC3)cc2)nn1. The summed E-state index contributed by atoms with van der Waals surface area (Å²) < 4.78 is 3.17. The maximum absolute atomic E-state index is 4.37. The first-order valence-corrected chi connectivity index (χ1v) is 11.5. The number of nitrogens with zero attached hydrogens (tertiary/aromatic N) is 4. The van der Waals surface area contributed by atoms with Crippen LogP contribution in [-0.2, 0) is 12.8 Å². The summed E-state index contributed by atoms with van der Waals surface area (Å²) >= 11 is 0. The summed E-state index contributed by atoms with van der Waals surface area (Å²) in [4.78, 5) is 0. The summed E-state index contributed by atoms with van der Waals surface area (Å²) in [5.41, 5.74) is 3.66. The zero-order chi connectivity index (χ0) is 19.7. The molecule has 28 heavy (non-hydrogen) atoms. The Morgan fingerprint density at radius 2 is 1.61 bits per heavy atom. The van der Waals surface area contributed by atoms with Crippen molar-refractivity contribution >= 4 is 0 Å². The minimum Gasteiger partial charge on any atom is -0.326 e. The molecule has 0 atom stereocenters. The number of aromatic nitrogens is 3. The molecule has 1 aliphatic rings. The lowest BCUT2D eigenvalue weighted by molar-refractivity contribution is -0.913. The molecule has 2 heterocycles. The van der Waals surface area contributed by atoms with Crippen molar-refractivity contribution in [3.63, 3.8) is 0 Å². The monoisotopic (exact) mass is 383 g/mol. The van der Waals surface area contributed by atoms with Gasteiger partial charge in [0, 0.05) is 6.42 Å². The molecule has 0 saturated carbocycles. The second kappa shape index (κ2) is 10.8. The lowest BCUT2D eigenvalue weighted by Gasteiger charge is -2.37. The van der Waals surface area contributed by atoms with Crippen molar-refractivity contribution < 1.29 is 4.48 Å². The van der Waals surface area contributed by atoms with Crippen molar-refractivity contribution in [2.75, 3.05) is 26.7 Å². The highest BCUT2D eigenvalue weighted by atomic mass is 15.4. The van der Waals surface area contributed by atoms with E-state index in [-0.39, 0.29) is 0 Å². The molecule has 1 saturated heterocycles. The van der Waals surface area contributed by atoms with Crippen molar-refractivity contribution in [2.45, 2.75) is 77.6 Å². The lowest BCUT2D eigenvalue weighted by Crippen LogP contribution is -2.49. The van der Waals surface area contributed by atoms with Gasteiger partial charge in [0.25, 0.3) is 0 Å². The fourth-order valence-electron chi connectivity index (χ4n) is 4.34. The van der Waals surface area contributed by atoms with E-state index in [1.165, 1.54) is 87.5 Å². The van der Waals surface area contributed by atoms with E-state index in [9.17, 15) is 0 Å². The van der Waals surface area contributed by atoms with Crippen molar-refractivity contribution in [2.24, 2.45) is 0 Å². The topological polar surface area (TPSA) is 30.7 Å². The van der Waals surface area contributed by atoms with Crippen molar-refractivity contribution in [1.29, 1.82) is 0 Å². The first-order chi connectivity index (χ1) is 13.7. The molecule has 0 bridgehead atoms. The van der Waals surface area contributed by atoms with Gasteiger partial charge in [0.05, 0.1) is 44.3 Å². The molecule has 1 aromatic heterocycles. The van der Waals surface area contributed by atoms with Gasteiger partial charge in [-0.3, -0.25) is 0 Å². The van der Waals surface area contributed by atoms with Crippen LogP contribution in [-0.4, -0.2) is 46.2 Å². The number of hydrogen-bond donors (Lipinski definition) is 0. The number of unbranched alkanes of at least 4 members (excludes halogenated alkanes) is 5. The highest BCUT2D eigenvalue weighted by Crippen LogP contribution is 2.18. The Kier molecular flexibility index (Phi) is 8.08. The molecule has 2 aromatic rings. The molecule has 0 amide bonds. The van der Waals surface area contributed by atoms with Crippen LogP contribution in [0.5, 0.6) is 0 Å². The van der Waals surface area contributed by atoms with Gasteiger partial charge in [-0.2, -0.15) is 0 Å². The van der Waals surface area contributed by atoms with Crippen LogP contribution >= 0.6 is 0 Å². The average Bonchev–Trinajstić information content (AvgIpc) is 3.19. The fraction of sp³-hybridized carbons (Fsp3) is 0.667. The first kappa shape index (κ1) is 21.0. The zero-order valence-corrected chi connectivity index (χ0v) is 18.1. The maximum Gasteiger partial charge on any atom is 0.0831 e. The Morgan fingerprint density at radius 1 is 0.893 bits per heavy atom. The molecule has 4 nitrogen and oxygen atoms in total. The Balaban J connectivity index is 1.45. The zero-order valence-electron chi connectivity index (χ0n) is 18.1.